The lowest BCUT2D eigenvalue weighted by Crippen LogP contribution is -2.37. The number of thiophene rings is 1. The van der Waals surface area contributed by atoms with Gasteiger partial charge in [-0.05, 0) is 33.0 Å². The van der Waals surface area contributed by atoms with Crippen LogP contribution in [-0.2, 0) is 4.79 Å². The highest BCUT2D eigenvalue weighted by Gasteiger charge is 2.22. The molecule has 1 aromatic rings. The normalized spacial score (nSPS) is 14.4. The maximum atomic E-state index is 12.1. The summed E-state index contributed by atoms with van der Waals surface area (Å²) in [6.45, 7) is 6.85. The Kier molecular flexibility index (Phi) is 5.15. The van der Waals surface area contributed by atoms with Crippen molar-refractivity contribution < 1.29 is 4.79 Å². The number of carbonyl (C=O) groups excluding carboxylic acids is 1. The zero-order valence-electron chi connectivity index (χ0n) is 11.3. The van der Waals surface area contributed by atoms with E-state index in [4.69, 9.17) is 0 Å². The van der Waals surface area contributed by atoms with E-state index in [-0.39, 0.29) is 17.9 Å². The zero-order chi connectivity index (χ0) is 13.0. The summed E-state index contributed by atoms with van der Waals surface area (Å²) in [5, 5.41) is 3.04. The van der Waals surface area contributed by atoms with Crippen molar-refractivity contribution in [2.45, 2.75) is 26.8 Å². The fourth-order valence-corrected chi connectivity index (χ4v) is 2.77. The van der Waals surface area contributed by atoms with Crippen LogP contribution in [0, 0.1) is 12.8 Å². The van der Waals surface area contributed by atoms with Crippen molar-refractivity contribution in [3.8, 4) is 0 Å². The lowest BCUT2D eigenvalue weighted by molar-refractivity contribution is -0.135. The summed E-state index contributed by atoms with van der Waals surface area (Å²) in [4.78, 5) is 16.5. The molecule has 1 amide bonds. The van der Waals surface area contributed by atoms with Gasteiger partial charge in [-0.3, -0.25) is 4.79 Å². The molecule has 96 valence electrons. The Morgan fingerprint density at radius 2 is 2.12 bits per heavy atom. The van der Waals surface area contributed by atoms with Crippen LogP contribution >= 0.6 is 11.3 Å². The molecule has 1 N–H and O–H groups in total. The lowest BCUT2D eigenvalue weighted by Gasteiger charge is -2.27. The Morgan fingerprint density at radius 1 is 1.47 bits per heavy atom. The second-order valence-electron chi connectivity index (χ2n) is 4.53. The van der Waals surface area contributed by atoms with Gasteiger partial charge in [0.05, 0.1) is 6.04 Å². The summed E-state index contributed by atoms with van der Waals surface area (Å²) in [7, 11) is 3.75. The average molecular weight is 254 g/mol. The molecule has 0 aliphatic heterocycles. The van der Waals surface area contributed by atoms with Crippen molar-refractivity contribution in [3.05, 3.63) is 21.9 Å². The molecule has 1 rings (SSSR count). The number of nitrogens with one attached hydrogen (secondary N) is 1. The Morgan fingerprint density at radius 3 is 2.59 bits per heavy atom. The number of hydrogen-bond donors (Lipinski definition) is 1. The quantitative estimate of drug-likeness (QED) is 0.875. The number of nitrogens with zero attached hydrogens (tertiary/aromatic N) is 1. The molecule has 2 atom stereocenters. The van der Waals surface area contributed by atoms with E-state index in [1.54, 1.807) is 11.3 Å². The number of amides is 1. The fourth-order valence-electron chi connectivity index (χ4n) is 1.80. The van der Waals surface area contributed by atoms with Crippen molar-refractivity contribution in [2.24, 2.45) is 5.92 Å². The van der Waals surface area contributed by atoms with Crippen LogP contribution in [-0.4, -0.2) is 31.4 Å². The van der Waals surface area contributed by atoms with Crippen molar-refractivity contribution >= 4 is 17.2 Å². The average Bonchev–Trinajstić information content (AvgIpc) is 2.73. The third kappa shape index (κ3) is 3.54. The second kappa shape index (κ2) is 6.17. The molecule has 2 unspecified atom stereocenters. The zero-order valence-corrected chi connectivity index (χ0v) is 12.1. The largest absolute Gasteiger partial charge is 0.338 e. The standard InChI is InChI=1S/C13H22N2OS/c1-9(8-14-4)13(16)15(5)11(3)12-7-6-10(2)17-12/h6-7,9,11,14H,8H2,1-5H3. The number of aryl methyl sites for hydroxylation is 1. The molecule has 0 aliphatic carbocycles. The maximum Gasteiger partial charge on any atom is 0.226 e. The van der Waals surface area contributed by atoms with Gasteiger partial charge in [0.1, 0.15) is 0 Å². The third-order valence-electron chi connectivity index (χ3n) is 3.03. The van der Waals surface area contributed by atoms with Gasteiger partial charge < -0.3 is 10.2 Å². The van der Waals surface area contributed by atoms with Gasteiger partial charge in [-0.15, -0.1) is 11.3 Å². The first-order valence-electron chi connectivity index (χ1n) is 5.95. The van der Waals surface area contributed by atoms with Gasteiger partial charge in [-0.2, -0.15) is 0 Å². The van der Waals surface area contributed by atoms with Crippen molar-refractivity contribution in [1.82, 2.24) is 10.2 Å². The van der Waals surface area contributed by atoms with Crippen LogP contribution in [0.15, 0.2) is 12.1 Å². The molecule has 1 aromatic heterocycles. The minimum atomic E-state index is 0.0218. The Bertz CT molecular complexity index is 375. The molecule has 17 heavy (non-hydrogen) atoms. The summed E-state index contributed by atoms with van der Waals surface area (Å²) in [5.74, 6) is 0.214. The van der Waals surface area contributed by atoms with Crippen LogP contribution in [0.4, 0.5) is 0 Å². The van der Waals surface area contributed by atoms with E-state index >= 15 is 0 Å². The Balaban J connectivity index is 2.69. The molecular weight excluding hydrogens is 232 g/mol. The summed E-state index contributed by atoms with van der Waals surface area (Å²) >= 11 is 1.76. The van der Waals surface area contributed by atoms with Crippen molar-refractivity contribution in [3.63, 3.8) is 0 Å². The number of carbonyl (C=O) groups is 1. The highest BCUT2D eigenvalue weighted by Crippen LogP contribution is 2.27. The topological polar surface area (TPSA) is 32.3 Å². The van der Waals surface area contributed by atoms with Crippen LogP contribution < -0.4 is 5.32 Å². The molecule has 0 radical (unpaired) electrons. The lowest BCUT2D eigenvalue weighted by atomic mass is 10.1. The second-order valence-corrected chi connectivity index (χ2v) is 5.85. The number of hydrogen-bond acceptors (Lipinski definition) is 3. The predicted octanol–water partition coefficient (Wildman–Crippen LogP) is 2.43. The van der Waals surface area contributed by atoms with E-state index in [1.165, 1.54) is 9.75 Å². The van der Waals surface area contributed by atoms with Gasteiger partial charge in [-0.1, -0.05) is 6.92 Å². The van der Waals surface area contributed by atoms with Crippen molar-refractivity contribution in [2.75, 3.05) is 20.6 Å². The van der Waals surface area contributed by atoms with Crippen LogP contribution in [0.25, 0.3) is 0 Å². The molecule has 0 saturated heterocycles. The highest BCUT2D eigenvalue weighted by atomic mass is 32.1. The van der Waals surface area contributed by atoms with Gasteiger partial charge in [0, 0.05) is 29.3 Å². The summed E-state index contributed by atoms with van der Waals surface area (Å²) in [6, 6.07) is 4.36. The SMILES string of the molecule is CNCC(C)C(=O)N(C)C(C)c1ccc(C)s1. The van der Waals surface area contributed by atoms with Gasteiger partial charge in [0.25, 0.3) is 0 Å². The summed E-state index contributed by atoms with van der Waals surface area (Å²) < 4.78 is 0. The molecule has 3 nitrogen and oxygen atoms in total. The minimum absolute atomic E-state index is 0.0218. The van der Waals surface area contributed by atoms with E-state index in [0.717, 1.165) is 6.54 Å². The summed E-state index contributed by atoms with van der Waals surface area (Å²) in [6.07, 6.45) is 0. The molecule has 0 aromatic carbocycles. The smallest absolute Gasteiger partial charge is 0.226 e. The van der Waals surface area contributed by atoms with Gasteiger partial charge in [-0.25, -0.2) is 0 Å². The molecule has 0 saturated carbocycles. The molecule has 1 heterocycles. The number of rotatable bonds is 5. The van der Waals surface area contributed by atoms with Gasteiger partial charge in [0.15, 0.2) is 0 Å². The van der Waals surface area contributed by atoms with E-state index in [2.05, 4.69) is 31.3 Å². The Hall–Kier alpha value is -0.870. The fraction of sp³-hybridized carbons (Fsp3) is 0.615. The molecule has 0 aliphatic rings. The molecule has 0 fully saturated rings. The maximum absolute atomic E-state index is 12.1. The van der Waals surface area contributed by atoms with Gasteiger partial charge in [0.2, 0.25) is 5.91 Å². The van der Waals surface area contributed by atoms with Crippen molar-refractivity contribution in [1.29, 1.82) is 0 Å². The first-order valence-corrected chi connectivity index (χ1v) is 6.76. The monoisotopic (exact) mass is 254 g/mol. The predicted molar refractivity (Wildman–Crippen MR) is 73.3 cm³/mol. The minimum Gasteiger partial charge on any atom is -0.338 e. The Labute approximate surface area is 108 Å². The van der Waals surface area contributed by atoms with Crippen LogP contribution in [0.5, 0.6) is 0 Å². The van der Waals surface area contributed by atoms with Crippen LogP contribution in [0.3, 0.4) is 0 Å². The van der Waals surface area contributed by atoms with E-state index in [0.29, 0.717) is 0 Å². The first kappa shape index (κ1) is 14.2. The van der Waals surface area contributed by atoms with E-state index < -0.39 is 0 Å². The van der Waals surface area contributed by atoms with E-state index in [1.807, 2.05) is 25.9 Å². The first-order chi connectivity index (χ1) is 7.97. The molecule has 0 spiro atoms. The molecular formula is C13H22N2OS. The molecule has 0 bridgehead atoms. The van der Waals surface area contributed by atoms with Crippen LogP contribution in [0.1, 0.15) is 29.6 Å². The highest BCUT2D eigenvalue weighted by molar-refractivity contribution is 7.12. The third-order valence-corrected chi connectivity index (χ3v) is 4.20. The van der Waals surface area contributed by atoms with E-state index in [9.17, 15) is 4.79 Å². The van der Waals surface area contributed by atoms with Gasteiger partial charge >= 0.3 is 0 Å². The summed E-state index contributed by atoms with van der Waals surface area (Å²) in [5.41, 5.74) is 0. The van der Waals surface area contributed by atoms with Crippen LogP contribution in [0.2, 0.25) is 0 Å². The molecule has 4 heteroatoms.